The molecule has 0 saturated carbocycles. The van der Waals surface area contributed by atoms with E-state index in [4.69, 9.17) is 0 Å². The second-order valence-corrected chi connectivity index (χ2v) is 14.9. The largest absolute Gasteiger partial charge is 0.312 e. The summed E-state index contributed by atoms with van der Waals surface area (Å²) in [6.45, 7) is 4.76. The fraction of sp³-hybridized carbons (Fsp3) is 0.0732. The summed E-state index contributed by atoms with van der Waals surface area (Å²) in [6, 6.07) is 60.6. The number of rotatable bonds is 5. The minimum Gasteiger partial charge on any atom is -0.312 e. The summed E-state index contributed by atoms with van der Waals surface area (Å²) in [5.41, 5.74) is 7.76. The van der Waals surface area contributed by atoms with E-state index in [9.17, 15) is 0 Å². The molecule has 1 aliphatic heterocycles. The average Bonchev–Trinajstić information content (AvgIpc) is 3.53. The van der Waals surface area contributed by atoms with Crippen molar-refractivity contribution in [3.63, 3.8) is 0 Å². The van der Waals surface area contributed by atoms with Gasteiger partial charge in [0.15, 0.2) is 0 Å². The van der Waals surface area contributed by atoms with E-state index >= 15 is 0 Å². The lowest BCUT2D eigenvalue weighted by Gasteiger charge is -2.42. The molecule has 0 fully saturated rings. The Hall–Kier alpha value is -4.79. The van der Waals surface area contributed by atoms with E-state index in [1.807, 2.05) is 0 Å². The Kier molecular flexibility index (Phi) is 5.96. The second kappa shape index (κ2) is 9.90. The van der Waals surface area contributed by atoms with Crippen LogP contribution in [0.1, 0.15) is 25.1 Å². The topological polar surface area (TPSA) is 4.93 Å². The Morgan fingerprint density at radius 2 is 0.977 bits per heavy atom. The van der Waals surface area contributed by atoms with E-state index in [1.54, 1.807) is 0 Å². The number of aromatic nitrogens is 1. The number of nitrogens with zero attached hydrogens (tertiary/aromatic N) is 1. The molecule has 2 heteroatoms. The van der Waals surface area contributed by atoms with Crippen LogP contribution in [0.5, 0.6) is 0 Å². The first-order valence-corrected chi connectivity index (χ1v) is 16.6. The quantitative estimate of drug-likeness (QED) is 0.194. The molecule has 1 aliphatic rings. The Balaban J connectivity index is 1.53. The molecular weight excluding hydrogens is 539 g/mol. The van der Waals surface area contributed by atoms with Crippen LogP contribution >= 0.6 is 10.0 Å². The maximum absolute atomic E-state index is 2.53. The van der Waals surface area contributed by atoms with Gasteiger partial charge in [0.25, 0.3) is 0 Å². The van der Waals surface area contributed by atoms with E-state index in [-0.39, 0.29) is 5.41 Å². The van der Waals surface area contributed by atoms with Gasteiger partial charge in [-0.05, 0) is 71.8 Å². The van der Waals surface area contributed by atoms with Crippen molar-refractivity contribution < 1.29 is 0 Å². The van der Waals surface area contributed by atoms with Gasteiger partial charge in [-0.1, -0.05) is 117 Å². The van der Waals surface area contributed by atoms with Gasteiger partial charge >= 0.3 is 0 Å². The Labute approximate surface area is 255 Å². The third-order valence-corrected chi connectivity index (χ3v) is 13.0. The lowest BCUT2D eigenvalue weighted by atomic mass is 9.80. The summed E-state index contributed by atoms with van der Waals surface area (Å²) < 4.78 is 2.53. The van der Waals surface area contributed by atoms with Crippen molar-refractivity contribution in [2.24, 2.45) is 0 Å². The minimum absolute atomic E-state index is 0.136. The molecule has 0 spiro atoms. The number of benzene rings is 6. The van der Waals surface area contributed by atoms with Crippen LogP contribution in [0.4, 0.5) is 0 Å². The van der Waals surface area contributed by atoms with Crippen LogP contribution in [0.25, 0.3) is 27.7 Å². The molecule has 208 valence electrons. The zero-order valence-electron chi connectivity index (χ0n) is 24.4. The van der Waals surface area contributed by atoms with Crippen LogP contribution in [0.3, 0.4) is 0 Å². The van der Waals surface area contributed by atoms with Gasteiger partial charge in [-0.15, -0.1) is 10.0 Å². The van der Waals surface area contributed by atoms with E-state index in [1.165, 1.54) is 58.6 Å². The first kappa shape index (κ1) is 25.9. The van der Waals surface area contributed by atoms with Crippen molar-refractivity contribution in [2.45, 2.75) is 38.8 Å². The average molecular weight is 572 g/mol. The molecule has 0 N–H and O–H groups in total. The molecule has 1 aromatic heterocycles. The molecule has 2 heterocycles. The lowest BCUT2D eigenvalue weighted by Crippen LogP contribution is -2.16. The summed E-state index contributed by atoms with van der Waals surface area (Å²) in [5.74, 6) is 0. The van der Waals surface area contributed by atoms with E-state index < -0.39 is 10.0 Å². The summed E-state index contributed by atoms with van der Waals surface area (Å²) in [6.07, 6.45) is 0. The van der Waals surface area contributed by atoms with Crippen LogP contribution in [0.15, 0.2) is 183 Å². The number of hydrogen-bond acceptors (Lipinski definition) is 0. The van der Waals surface area contributed by atoms with Gasteiger partial charge in [0, 0.05) is 41.6 Å². The fourth-order valence-electron chi connectivity index (χ4n) is 7.21. The van der Waals surface area contributed by atoms with Crippen LogP contribution in [0, 0.1) is 0 Å². The van der Waals surface area contributed by atoms with Crippen LogP contribution < -0.4 is 0 Å². The van der Waals surface area contributed by atoms with Gasteiger partial charge in [-0.25, -0.2) is 0 Å². The van der Waals surface area contributed by atoms with E-state index in [0.29, 0.717) is 0 Å². The Morgan fingerprint density at radius 3 is 1.53 bits per heavy atom. The predicted molar refractivity (Wildman–Crippen MR) is 181 cm³/mol. The smallest absolute Gasteiger partial charge is 0.0539 e. The third kappa shape index (κ3) is 3.73. The van der Waals surface area contributed by atoms with Crippen LogP contribution in [-0.4, -0.2) is 4.57 Å². The molecule has 8 rings (SSSR count). The number of fused-ring (bicyclic) bond motifs is 5. The van der Waals surface area contributed by atoms with Crippen molar-refractivity contribution in [3.8, 4) is 16.8 Å². The Morgan fingerprint density at radius 1 is 0.488 bits per heavy atom. The molecule has 0 radical (unpaired) electrons. The van der Waals surface area contributed by atoms with Crippen LogP contribution in [-0.2, 0) is 5.41 Å². The molecule has 1 nitrogen and oxygen atoms in total. The molecule has 7 aromatic rings. The van der Waals surface area contributed by atoms with Gasteiger partial charge in [0.05, 0.1) is 11.2 Å². The second-order valence-electron chi connectivity index (χ2n) is 11.8. The summed E-state index contributed by atoms with van der Waals surface area (Å²) in [4.78, 5) is 5.36. The molecule has 0 aliphatic carbocycles. The zero-order valence-corrected chi connectivity index (χ0v) is 25.3. The highest BCUT2D eigenvalue weighted by atomic mass is 32.3. The van der Waals surface area contributed by atoms with Crippen molar-refractivity contribution in [1.82, 2.24) is 4.57 Å². The highest BCUT2D eigenvalue weighted by Crippen LogP contribution is 2.73. The molecule has 6 aromatic carbocycles. The summed E-state index contributed by atoms with van der Waals surface area (Å²) >= 11 is 0. The standard InChI is InChI=1S/C41H33NS/c1-41(2)36-25-15-16-26-38(36)42-37-28-27-34(29-35(37)39(40(41)42)30-17-7-3-8-18-30)43(31-19-9-4-10-20-31,32-21-11-5-12-22-32)33-23-13-6-14-24-33/h3-29H,1-2H3. The normalized spacial score (nSPS) is 13.9. The maximum atomic E-state index is 2.53. The van der Waals surface area contributed by atoms with Crippen molar-refractivity contribution in [1.29, 1.82) is 0 Å². The van der Waals surface area contributed by atoms with E-state index in [2.05, 4.69) is 182 Å². The molecule has 0 unspecified atom stereocenters. The Bertz CT molecular complexity index is 1980. The maximum Gasteiger partial charge on any atom is 0.0539 e. The summed E-state index contributed by atoms with van der Waals surface area (Å²) in [7, 11) is -1.79. The van der Waals surface area contributed by atoms with Gasteiger partial charge in [-0.3, -0.25) is 0 Å². The van der Waals surface area contributed by atoms with Crippen molar-refractivity contribution >= 4 is 20.9 Å². The highest BCUT2D eigenvalue weighted by molar-refractivity contribution is 8.34. The zero-order chi connectivity index (χ0) is 29.0. The van der Waals surface area contributed by atoms with Crippen LogP contribution in [0.2, 0.25) is 0 Å². The minimum atomic E-state index is -1.79. The molecule has 0 atom stereocenters. The van der Waals surface area contributed by atoms with Gasteiger partial charge in [-0.2, -0.15) is 0 Å². The lowest BCUT2D eigenvalue weighted by molar-refractivity contribution is 0.646. The molecule has 43 heavy (non-hydrogen) atoms. The first-order chi connectivity index (χ1) is 21.1. The fourth-order valence-corrected chi connectivity index (χ4v) is 11.1. The van der Waals surface area contributed by atoms with E-state index in [0.717, 1.165) is 0 Å². The molecule has 0 amide bonds. The molecule has 0 saturated heterocycles. The summed E-state index contributed by atoms with van der Waals surface area (Å²) in [5, 5.41) is 1.31. The van der Waals surface area contributed by atoms with Gasteiger partial charge in [0.1, 0.15) is 0 Å². The van der Waals surface area contributed by atoms with Crippen molar-refractivity contribution in [2.75, 3.05) is 0 Å². The monoisotopic (exact) mass is 571 g/mol. The van der Waals surface area contributed by atoms with Crippen molar-refractivity contribution in [3.05, 3.63) is 175 Å². The molecular formula is C41H33NS. The number of hydrogen-bond donors (Lipinski definition) is 0. The SMILES string of the molecule is CC1(C)c2ccccc2-n2c1c(-c1ccccc1)c1cc(S(c3ccccc3)(c3ccccc3)c3ccccc3)ccc12. The number of para-hydroxylation sites is 1. The predicted octanol–water partition coefficient (Wildman–Crippen LogP) is 11.3. The highest BCUT2D eigenvalue weighted by Gasteiger charge is 2.41. The van der Waals surface area contributed by atoms with Gasteiger partial charge < -0.3 is 4.57 Å². The van der Waals surface area contributed by atoms with Gasteiger partial charge in [0.2, 0.25) is 0 Å². The third-order valence-electron chi connectivity index (χ3n) is 9.06. The first-order valence-electron chi connectivity index (χ1n) is 14.9. The molecule has 0 bridgehead atoms.